The molecule has 0 bridgehead atoms. The van der Waals surface area contributed by atoms with E-state index >= 15 is 0 Å². The summed E-state index contributed by atoms with van der Waals surface area (Å²) in [5.74, 6) is 0. The third kappa shape index (κ3) is 12.9. The van der Waals surface area contributed by atoms with Crippen LogP contribution in [0.15, 0.2) is 54.6 Å². The van der Waals surface area contributed by atoms with E-state index in [1.165, 1.54) is 69.8 Å². The molecule has 0 aliphatic carbocycles. The van der Waals surface area contributed by atoms with Gasteiger partial charge in [-0.05, 0) is 0 Å². The van der Waals surface area contributed by atoms with Crippen LogP contribution < -0.4 is 0 Å². The Morgan fingerprint density at radius 1 is 0.727 bits per heavy atom. The molecule has 22 heavy (non-hydrogen) atoms. The van der Waals surface area contributed by atoms with E-state index in [1.807, 2.05) is 30.3 Å². The summed E-state index contributed by atoms with van der Waals surface area (Å²) >= 11 is 0. The first-order valence-corrected chi connectivity index (χ1v) is 8.80. The Morgan fingerprint density at radius 3 is 1.77 bits per heavy atom. The smallest absolute Gasteiger partial charge is 0.214 e. The van der Waals surface area contributed by atoms with Gasteiger partial charge in [-0.3, -0.25) is 0 Å². The summed E-state index contributed by atoms with van der Waals surface area (Å²) in [6, 6.07) is 18.8. The Kier molecular flexibility index (Phi) is 16.0. The van der Waals surface area contributed by atoms with Gasteiger partial charge in [-0.1, -0.05) is 71.1 Å². The number of aryl methyl sites for hydroxylation is 1. The fourth-order valence-corrected chi connectivity index (χ4v) is 2.54. The number of hydrogen-bond acceptors (Lipinski definition) is 0. The van der Waals surface area contributed by atoms with E-state index in [-0.39, 0.29) is 17.1 Å². The van der Waals surface area contributed by atoms with Crippen LogP contribution in [-0.4, -0.2) is 0 Å². The summed E-state index contributed by atoms with van der Waals surface area (Å²) in [6.07, 6.45) is 14.1. The molecule has 0 N–H and O–H groups in total. The Morgan fingerprint density at radius 2 is 1.32 bits per heavy atom. The second-order valence-corrected chi connectivity index (χ2v) is 5.83. The van der Waals surface area contributed by atoms with Crippen molar-refractivity contribution in [1.29, 1.82) is 0 Å². The van der Waals surface area contributed by atoms with Crippen LogP contribution in [0.2, 0.25) is 0 Å². The van der Waals surface area contributed by atoms with Gasteiger partial charge in [-0.2, -0.15) is 35.9 Å². The van der Waals surface area contributed by atoms with Gasteiger partial charge in [0.2, 0.25) is 0 Å². The standard InChI is InChI=1S/C16H27.C5H5.Fe/c1-2-3-4-5-6-7-8-9-10-13-16-14-11-12-15-16;1-2-4-5-3-1;/h11-12,14-15H,2-10,13H2,1H3;1-5H;/q2*-1;+2. The van der Waals surface area contributed by atoms with Crippen LogP contribution in [0, 0.1) is 0 Å². The van der Waals surface area contributed by atoms with Crippen LogP contribution >= 0.6 is 0 Å². The fourth-order valence-electron chi connectivity index (χ4n) is 2.54. The van der Waals surface area contributed by atoms with Crippen LogP contribution in [0.4, 0.5) is 0 Å². The Hall–Kier alpha value is -0.781. The van der Waals surface area contributed by atoms with Crippen molar-refractivity contribution < 1.29 is 17.1 Å². The fraction of sp³-hybridized carbons (Fsp3) is 0.524. The molecule has 0 unspecified atom stereocenters. The number of hydrogen-bond donors (Lipinski definition) is 0. The average Bonchev–Trinajstić information content (AvgIpc) is 3.21. The van der Waals surface area contributed by atoms with Crippen LogP contribution in [0.1, 0.15) is 70.3 Å². The van der Waals surface area contributed by atoms with Crippen LogP contribution in [-0.2, 0) is 23.5 Å². The molecule has 0 saturated carbocycles. The average molecular weight is 340 g/mol. The maximum Gasteiger partial charge on any atom is 2.00 e. The topological polar surface area (TPSA) is 0 Å². The number of unbranched alkanes of at least 4 members (excludes halogenated alkanes) is 8. The summed E-state index contributed by atoms with van der Waals surface area (Å²) in [6.45, 7) is 2.28. The molecule has 2 rings (SSSR count). The molecule has 0 fully saturated rings. The third-order valence-corrected chi connectivity index (χ3v) is 3.86. The first-order valence-electron chi connectivity index (χ1n) is 8.80. The van der Waals surface area contributed by atoms with E-state index in [4.69, 9.17) is 0 Å². The van der Waals surface area contributed by atoms with Gasteiger partial charge in [0, 0.05) is 0 Å². The van der Waals surface area contributed by atoms with Crippen molar-refractivity contribution in [1.82, 2.24) is 0 Å². The van der Waals surface area contributed by atoms with E-state index in [1.54, 1.807) is 0 Å². The Bertz CT molecular complexity index is 355. The van der Waals surface area contributed by atoms with Crippen molar-refractivity contribution in [2.45, 2.75) is 71.1 Å². The quantitative estimate of drug-likeness (QED) is 0.251. The predicted molar refractivity (Wildman–Crippen MR) is 95.0 cm³/mol. The molecule has 0 atom stereocenters. The second-order valence-electron chi connectivity index (χ2n) is 5.83. The predicted octanol–water partition coefficient (Wildman–Crippen LogP) is 6.88. The van der Waals surface area contributed by atoms with Gasteiger partial charge in [0.15, 0.2) is 0 Å². The maximum atomic E-state index is 2.28. The Balaban J connectivity index is 0.000000622. The molecule has 124 valence electrons. The zero-order valence-electron chi connectivity index (χ0n) is 14.1. The van der Waals surface area contributed by atoms with Crippen molar-refractivity contribution >= 4 is 0 Å². The number of rotatable bonds is 10. The molecule has 0 nitrogen and oxygen atoms in total. The zero-order valence-corrected chi connectivity index (χ0v) is 15.2. The molecule has 1 heteroatoms. The minimum Gasteiger partial charge on any atom is -0.214 e. The minimum absolute atomic E-state index is 0. The van der Waals surface area contributed by atoms with Gasteiger partial charge in [0.1, 0.15) is 0 Å². The first kappa shape index (κ1) is 21.2. The van der Waals surface area contributed by atoms with Crippen LogP contribution in [0.3, 0.4) is 0 Å². The van der Waals surface area contributed by atoms with E-state index < -0.39 is 0 Å². The van der Waals surface area contributed by atoms with E-state index in [0.29, 0.717) is 0 Å². The molecule has 0 heterocycles. The van der Waals surface area contributed by atoms with Crippen molar-refractivity contribution in [3.63, 3.8) is 0 Å². The molecule has 0 aliphatic rings. The van der Waals surface area contributed by atoms with Gasteiger partial charge in [0.25, 0.3) is 0 Å². The van der Waals surface area contributed by atoms with Crippen molar-refractivity contribution in [2.75, 3.05) is 0 Å². The SMILES string of the molecule is CCCCCCCCCCCc1ccc[cH-]1.[Fe+2].c1cc[cH-]c1. The Labute approximate surface area is 148 Å². The molecule has 2 aromatic rings. The molecular formula is C21H32Fe. The second kappa shape index (κ2) is 16.6. The largest absolute Gasteiger partial charge is 2.00 e. The molecule has 2 aromatic carbocycles. The van der Waals surface area contributed by atoms with Gasteiger partial charge < -0.3 is 0 Å². The van der Waals surface area contributed by atoms with E-state index in [0.717, 1.165) is 0 Å². The molecule has 0 amide bonds. The summed E-state index contributed by atoms with van der Waals surface area (Å²) in [5, 5.41) is 0. The van der Waals surface area contributed by atoms with E-state index in [2.05, 4.69) is 31.2 Å². The summed E-state index contributed by atoms with van der Waals surface area (Å²) in [5.41, 5.74) is 1.52. The van der Waals surface area contributed by atoms with Gasteiger partial charge >= 0.3 is 17.1 Å². The molecule has 0 aromatic heterocycles. The molecule has 0 saturated heterocycles. The molecule has 0 aliphatic heterocycles. The molecule has 0 radical (unpaired) electrons. The van der Waals surface area contributed by atoms with Gasteiger partial charge in [0.05, 0.1) is 0 Å². The van der Waals surface area contributed by atoms with Gasteiger partial charge in [-0.15, -0.1) is 0 Å². The normalized spacial score (nSPS) is 9.68. The van der Waals surface area contributed by atoms with Crippen molar-refractivity contribution in [2.24, 2.45) is 0 Å². The van der Waals surface area contributed by atoms with Gasteiger partial charge in [-0.25, -0.2) is 24.3 Å². The minimum atomic E-state index is 0. The first-order chi connectivity index (χ1) is 10.4. The molecule has 0 spiro atoms. The third-order valence-electron chi connectivity index (χ3n) is 3.86. The summed E-state index contributed by atoms with van der Waals surface area (Å²) in [4.78, 5) is 0. The van der Waals surface area contributed by atoms with Crippen molar-refractivity contribution in [3.8, 4) is 0 Å². The summed E-state index contributed by atoms with van der Waals surface area (Å²) in [7, 11) is 0. The van der Waals surface area contributed by atoms with Crippen LogP contribution in [0.5, 0.6) is 0 Å². The van der Waals surface area contributed by atoms with E-state index in [9.17, 15) is 0 Å². The monoisotopic (exact) mass is 340 g/mol. The summed E-state index contributed by atoms with van der Waals surface area (Å²) < 4.78 is 0. The molecular weight excluding hydrogens is 308 g/mol. The van der Waals surface area contributed by atoms with Crippen molar-refractivity contribution in [3.05, 3.63) is 60.2 Å². The maximum absolute atomic E-state index is 2.28. The van der Waals surface area contributed by atoms with Crippen LogP contribution in [0.25, 0.3) is 0 Å². The zero-order chi connectivity index (χ0) is 15.0.